The number of rotatable bonds is 4. The lowest BCUT2D eigenvalue weighted by Crippen LogP contribution is -2.36. The van der Waals surface area contributed by atoms with E-state index in [2.05, 4.69) is 10.3 Å². The van der Waals surface area contributed by atoms with E-state index < -0.39 is 36.2 Å². The van der Waals surface area contributed by atoms with Gasteiger partial charge in [0.05, 0.1) is 28.8 Å². The van der Waals surface area contributed by atoms with Crippen molar-refractivity contribution in [3.05, 3.63) is 75.6 Å². The number of aromatic amines is 1. The van der Waals surface area contributed by atoms with E-state index in [1.165, 1.54) is 30.5 Å². The van der Waals surface area contributed by atoms with E-state index in [1.807, 2.05) is 0 Å². The summed E-state index contributed by atoms with van der Waals surface area (Å²) in [7, 11) is 0. The first-order chi connectivity index (χ1) is 14.8. The molecule has 3 N–H and O–H groups in total. The summed E-state index contributed by atoms with van der Waals surface area (Å²) in [4.78, 5) is 28.9. The number of amides is 3. The van der Waals surface area contributed by atoms with Gasteiger partial charge in [0.25, 0.3) is 5.91 Å². The molecule has 1 saturated heterocycles. The fourth-order valence-corrected chi connectivity index (χ4v) is 3.59. The van der Waals surface area contributed by atoms with Gasteiger partial charge < -0.3 is 15.4 Å². The van der Waals surface area contributed by atoms with Gasteiger partial charge in [0.15, 0.2) is 5.82 Å². The molecule has 1 atom stereocenters. The molecule has 31 heavy (non-hydrogen) atoms. The maximum absolute atomic E-state index is 14.1. The highest BCUT2D eigenvalue weighted by Gasteiger charge is 2.39. The molecular formula is C21H13ClF2N4O3. The van der Waals surface area contributed by atoms with Crippen LogP contribution in [-0.4, -0.2) is 33.5 Å². The van der Waals surface area contributed by atoms with E-state index in [1.54, 1.807) is 12.1 Å². The summed E-state index contributed by atoms with van der Waals surface area (Å²) in [6.07, 6.45) is 2.82. The molecule has 10 heteroatoms. The van der Waals surface area contributed by atoms with Crippen molar-refractivity contribution in [1.29, 1.82) is 5.26 Å². The Balaban J connectivity index is 1.70. The van der Waals surface area contributed by atoms with Crippen molar-refractivity contribution in [1.82, 2.24) is 15.2 Å². The Morgan fingerprint density at radius 3 is 2.71 bits per heavy atom. The number of benzene rings is 2. The molecule has 1 unspecified atom stereocenters. The van der Waals surface area contributed by atoms with Crippen LogP contribution >= 0.6 is 11.6 Å². The SMILES string of the molecule is N#Cc1ccc(C(CO)N2C(=O)N/C(=C\c3c[nH]c4c(F)c(Cl)ccc34)C2=O)cc1F. The summed E-state index contributed by atoms with van der Waals surface area (Å²) in [5.41, 5.74) is 0.418. The maximum atomic E-state index is 14.1. The first-order valence-electron chi connectivity index (χ1n) is 8.97. The molecular weight excluding hydrogens is 430 g/mol. The van der Waals surface area contributed by atoms with Gasteiger partial charge >= 0.3 is 6.03 Å². The van der Waals surface area contributed by atoms with Crippen LogP contribution in [0.25, 0.3) is 17.0 Å². The molecule has 2 heterocycles. The number of carbonyl (C=O) groups is 2. The molecule has 0 saturated carbocycles. The number of nitriles is 1. The number of H-pyrrole nitrogens is 1. The predicted octanol–water partition coefficient (Wildman–Crippen LogP) is 3.60. The van der Waals surface area contributed by atoms with Gasteiger partial charge in [-0.25, -0.2) is 18.5 Å². The van der Waals surface area contributed by atoms with Crippen LogP contribution < -0.4 is 5.32 Å². The van der Waals surface area contributed by atoms with Crippen molar-refractivity contribution >= 4 is 40.5 Å². The number of fused-ring (bicyclic) bond motifs is 1. The monoisotopic (exact) mass is 442 g/mol. The quantitative estimate of drug-likeness (QED) is 0.423. The van der Waals surface area contributed by atoms with Gasteiger partial charge in [-0.3, -0.25) is 4.79 Å². The van der Waals surface area contributed by atoms with Crippen LogP contribution in [0.3, 0.4) is 0 Å². The lowest BCUT2D eigenvalue weighted by molar-refractivity contribution is -0.125. The lowest BCUT2D eigenvalue weighted by Gasteiger charge is -2.23. The van der Waals surface area contributed by atoms with Crippen LogP contribution in [0.4, 0.5) is 13.6 Å². The molecule has 0 radical (unpaired) electrons. The summed E-state index contributed by atoms with van der Waals surface area (Å²) in [6.45, 7) is -0.658. The van der Waals surface area contributed by atoms with Gasteiger partial charge in [0, 0.05) is 17.1 Å². The molecule has 3 amide bonds. The molecule has 1 aliphatic rings. The second-order valence-corrected chi connectivity index (χ2v) is 7.15. The van der Waals surface area contributed by atoms with Gasteiger partial charge in [-0.05, 0) is 29.8 Å². The third-order valence-corrected chi connectivity index (χ3v) is 5.26. The van der Waals surface area contributed by atoms with Crippen LogP contribution in [0, 0.1) is 23.0 Å². The number of nitrogens with one attached hydrogen (secondary N) is 2. The summed E-state index contributed by atoms with van der Waals surface area (Å²) in [6, 6.07) is 6.19. The Kier molecular flexibility index (Phi) is 5.19. The molecule has 2 aromatic carbocycles. The number of urea groups is 1. The average molecular weight is 443 g/mol. The van der Waals surface area contributed by atoms with Crippen LogP contribution in [0.2, 0.25) is 5.02 Å². The molecule has 1 aromatic heterocycles. The highest BCUT2D eigenvalue weighted by atomic mass is 35.5. The van der Waals surface area contributed by atoms with Crippen molar-refractivity contribution in [3.8, 4) is 6.07 Å². The predicted molar refractivity (Wildman–Crippen MR) is 108 cm³/mol. The Hall–Kier alpha value is -3.74. The second kappa shape index (κ2) is 7.83. The molecule has 4 rings (SSSR count). The molecule has 3 aromatic rings. The third kappa shape index (κ3) is 3.42. The second-order valence-electron chi connectivity index (χ2n) is 6.74. The Bertz CT molecular complexity index is 1310. The van der Waals surface area contributed by atoms with Gasteiger partial charge in [0.2, 0.25) is 0 Å². The highest BCUT2D eigenvalue weighted by Crippen LogP contribution is 2.30. The normalized spacial score (nSPS) is 16.1. The summed E-state index contributed by atoms with van der Waals surface area (Å²) >= 11 is 5.77. The number of imide groups is 1. The zero-order valence-electron chi connectivity index (χ0n) is 15.6. The maximum Gasteiger partial charge on any atom is 0.329 e. The van der Waals surface area contributed by atoms with Crippen molar-refractivity contribution < 1.29 is 23.5 Å². The number of hydrogen-bond donors (Lipinski definition) is 3. The number of halogens is 3. The minimum absolute atomic E-state index is 0.0644. The summed E-state index contributed by atoms with van der Waals surface area (Å²) < 4.78 is 28.1. The Labute approximate surface area is 179 Å². The van der Waals surface area contributed by atoms with Crippen LogP contribution in [0.1, 0.15) is 22.7 Å². The summed E-state index contributed by atoms with van der Waals surface area (Å²) in [5, 5.41) is 21.4. The van der Waals surface area contributed by atoms with Crippen molar-refractivity contribution in [3.63, 3.8) is 0 Å². The van der Waals surface area contributed by atoms with Gasteiger partial charge in [-0.1, -0.05) is 23.7 Å². The standard InChI is InChI=1S/C21H13ClF2N4O3/c22-14-4-3-13-12(8-26-19(13)18(14)24)6-16-20(30)28(21(31)27-16)17(9-29)10-1-2-11(7-25)15(23)5-10/h1-6,8,17,26,29H,9H2,(H,27,31)/b16-6-. The van der Waals surface area contributed by atoms with E-state index >= 15 is 0 Å². The van der Waals surface area contributed by atoms with Crippen molar-refractivity contribution in [2.24, 2.45) is 0 Å². The first-order valence-corrected chi connectivity index (χ1v) is 9.35. The summed E-state index contributed by atoms with van der Waals surface area (Å²) in [5.74, 6) is -2.23. The van der Waals surface area contributed by atoms with Crippen LogP contribution in [0.5, 0.6) is 0 Å². The van der Waals surface area contributed by atoms with Gasteiger partial charge in [-0.15, -0.1) is 0 Å². The number of hydrogen-bond acceptors (Lipinski definition) is 4. The van der Waals surface area contributed by atoms with E-state index in [4.69, 9.17) is 16.9 Å². The molecule has 1 aliphatic heterocycles. The molecule has 7 nitrogen and oxygen atoms in total. The number of nitrogens with zero attached hydrogens (tertiary/aromatic N) is 2. The molecule has 156 valence electrons. The van der Waals surface area contributed by atoms with Crippen LogP contribution in [0.15, 0.2) is 42.2 Å². The lowest BCUT2D eigenvalue weighted by atomic mass is 10.0. The highest BCUT2D eigenvalue weighted by molar-refractivity contribution is 6.31. The Morgan fingerprint density at radius 1 is 1.26 bits per heavy atom. The van der Waals surface area contributed by atoms with Gasteiger partial charge in [-0.2, -0.15) is 5.26 Å². The third-order valence-electron chi connectivity index (χ3n) is 4.97. The zero-order valence-corrected chi connectivity index (χ0v) is 16.4. The fraction of sp³-hybridized carbons (Fsp3) is 0.0952. The average Bonchev–Trinajstić information content (AvgIpc) is 3.28. The number of aliphatic hydroxyl groups excluding tert-OH is 1. The number of aliphatic hydroxyl groups is 1. The van der Waals surface area contributed by atoms with Crippen LogP contribution in [-0.2, 0) is 4.79 Å². The van der Waals surface area contributed by atoms with Gasteiger partial charge in [0.1, 0.15) is 17.6 Å². The smallest absolute Gasteiger partial charge is 0.329 e. The molecule has 1 fully saturated rings. The van der Waals surface area contributed by atoms with E-state index in [0.29, 0.717) is 10.9 Å². The largest absolute Gasteiger partial charge is 0.394 e. The molecule has 0 spiro atoms. The Morgan fingerprint density at radius 2 is 2.03 bits per heavy atom. The fourth-order valence-electron chi connectivity index (χ4n) is 3.43. The minimum Gasteiger partial charge on any atom is -0.394 e. The number of carbonyl (C=O) groups excluding carboxylic acids is 2. The number of aromatic nitrogens is 1. The van der Waals surface area contributed by atoms with E-state index in [9.17, 15) is 23.5 Å². The van der Waals surface area contributed by atoms with Crippen molar-refractivity contribution in [2.75, 3.05) is 6.61 Å². The first kappa shape index (κ1) is 20.5. The molecule has 0 bridgehead atoms. The topological polar surface area (TPSA) is 109 Å². The van der Waals surface area contributed by atoms with Crippen molar-refractivity contribution in [2.45, 2.75) is 6.04 Å². The van der Waals surface area contributed by atoms with E-state index in [0.717, 1.165) is 11.0 Å². The molecule has 0 aliphatic carbocycles. The van der Waals surface area contributed by atoms with E-state index in [-0.39, 0.29) is 27.4 Å². The minimum atomic E-state index is -1.17. The zero-order chi connectivity index (χ0) is 22.3.